The maximum Gasteiger partial charge on any atom is 0.408 e. The lowest BCUT2D eigenvalue weighted by molar-refractivity contribution is -0.145. The van der Waals surface area contributed by atoms with Crippen LogP contribution in [0.3, 0.4) is 0 Å². The number of ketones is 1. The zero-order valence-corrected chi connectivity index (χ0v) is 33.2. The first-order chi connectivity index (χ1) is 25.0. The molecule has 1 aromatic rings. The van der Waals surface area contributed by atoms with Gasteiger partial charge in [0.1, 0.15) is 23.7 Å². The number of nitrogens with one attached hydrogen (secondary N) is 4. The third-order valence-corrected chi connectivity index (χ3v) is 9.78. The average molecular weight is 755 g/mol. The molecule has 1 saturated carbocycles. The van der Waals surface area contributed by atoms with Gasteiger partial charge in [0.05, 0.1) is 24.3 Å². The van der Waals surface area contributed by atoms with Crippen LogP contribution in [0.15, 0.2) is 30.3 Å². The fourth-order valence-electron chi connectivity index (χ4n) is 7.06. The largest absolute Gasteiger partial charge is 0.444 e. The molecule has 54 heavy (non-hydrogen) atoms. The predicted molar refractivity (Wildman–Crippen MR) is 198 cm³/mol. The van der Waals surface area contributed by atoms with Gasteiger partial charge in [-0.25, -0.2) is 4.79 Å². The van der Waals surface area contributed by atoms with Crippen molar-refractivity contribution in [3.05, 3.63) is 35.9 Å². The van der Waals surface area contributed by atoms with E-state index >= 15 is 0 Å². The molecule has 2 heterocycles. The molecule has 0 bridgehead atoms. The molecular weight excluding hydrogens is 696 g/mol. The monoisotopic (exact) mass is 754 g/mol. The van der Waals surface area contributed by atoms with Crippen molar-refractivity contribution in [2.24, 2.45) is 17.3 Å². The van der Waals surface area contributed by atoms with Gasteiger partial charge in [0, 0.05) is 26.6 Å². The summed E-state index contributed by atoms with van der Waals surface area (Å²) >= 11 is 0. The second kappa shape index (κ2) is 16.5. The Balaban J connectivity index is 1.50. The molecule has 4 rings (SSSR count). The van der Waals surface area contributed by atoms with Gasteiger partial charge < -0.3 is 40.5 Å². The molecule has 1 aliphatic carbocycles. The number of hydrogen-bond donors (Lipinski definition) is 4. The molecule has 2 aliphatic heterocycles. The number of ether oxygens (including phenoxy) is 2. The Morgan fingerprint density at radius 2 is 1.57 bits per heavy atom. The van der Waals surface area contributed by atoms with Gasteiger partial charge in [-0.15, -0.1) is 0 Å². The van der Waals surface area contributed by atoms with Crippen molar-refractivity contribution in [2.75, 3.05) is 27.2 Å². The van der Waals surface area contributed by atoms with Crippen LogP contribution in [0, 0.1) is 17.3 Å². The van der Waals surface area contributed by atoms with Crippen molar-refractivity contribution in [1.29, 1.82) is 0 Å². The minimum Gasteiger partial charge on any atom is -0.444 e. The number of amides is 6. The molecule has 0 aromatic heterocycles. The first-order valence-corrected chi connectivity index (χ1v) is 18.6. The van der Waals surface area contributed by atoms with Crippen LogP contribution in [0.4, 0.5) is 4.79 Å². The Morgan fingerprint density at radius 3 is 2.13 bits per heavy atom. The molecule has 6 atom stereocenters. The number of alkyl carbamates (subject to hydrolysis) is 1. The fraction of sp³-hybridized carbons (Fsp3) is 0.667. The zero-order chi connectivity index (χ0) is 40.3. The van der Waals surface area contributed by atoms with Crippen LogP contribution < -0.4 is 21.3 Å². The molecule has 3 fully saturated rings. The molecule has 0 radical (unpaired) electrons. The van der Waals surface area contributed by atoms with E-state index < -0.39 is 94.9 Å². The van der Waals surface area contributed by atoms with Gasteiger partial charge >= 0.3 is 6.09 Å². The first-order valence-electron chi connectivity index (χ1n) is 18.6. The second-order valence-corrected chi connectivity index (χ2v) is 17.6. The summed E-state index contributed by atoms with van der Waals surface area (Å²) in [6, 6.07) is 4.29. The average Bonchev–Trinajstić information content (AvgIpc) is 3.74. The van der Waals surface area contributed by atoms with Crippen LogP contribution in [0.2, 0.25) is 0 Å². The van der Waals surface area contributed by atoms with E-state index in [0.29, 0.717) is 12.0 Å². The van der Waals surface area contributed by atoms with Crippen LogP contribution in [-0.2, 0) is 38.2 Å². The summed E-state index contributed by atoms with van der Waals surface area (Å²) in [5, 5.41) is 10.5. The van der Waals surface area contributed by atoms with E-state index in [1.54, 1.807) is 86.0 Å². The van der Waals surface area contributed by atoms with E-state index in [0.717, 1.165) is 12.8 Å². The number of likely N-dealkylation sites (N-methyl/N-ethyl adjacent to an activating group) is 1. The lowest BCUT2D eigenvalue weighted by atomic mass is 9.85. The SMILES string of the molecule is CN(C)C(=O)[C@@H](NC(=O)CNC(=O)C(=O)C(CC1CC1)NC(=O)[C@@H]1[C@H]2CC(C)(C)O[C@H]2CN1C(=O)[C@@H](NC(=O)OC(C)(C)C)C(C)(C)C)c1ccccc1. The van der Waals surface area contributed by atoms with Gasteiger partial charge in [0.2, 0.25) is 29.4 Å². The summed E-state index contributed by atoms with van der Waals surface area (Å²) in [6.07, 6.45) is 1.07. The summed E-state index contributed by atoms with van der Waals surface area (Å²) in [7, 11) is 3.12. The smallest absolute Gasteiger partial charge is 0.408 e. The highest BCUT2D eigenvalue weighted by Crippen LogP contribution is 2.44. The van der Waals surface area contributed by atoms with Gasteiger partial charge in [0.25, 0.3) is 5.91 Å². The second-order valence-electron chi connectivity index (χ2n) is 17.6. The lowest BCUT2D eigenvalue weighted by Gasteiger charge is -2.37. The Hall–Kier alpha value is -4.53. The molecule has 6 amide bonds. The van der Waals surface area contributed by atoms with Crippen molar-refractivity contribution in [2.45, 2.75) is 123 Å². The number of Topliss-reactive ketones (excluding diaryl/α,β-unsaturated/α-hetero) is 1. The van der Waals surface area contributed by atoms with Gasteiger partial charge in [0.15, 0.2) is 0 Å². The van der Waals surface area contributed by atoms with Crippen molar-refractivity contribution < 1.29 is 43.0 Å². The molecule has 15 heteroatoms. The summed E-state index contributed by atoms with van der Waals surface area (Å²) in [4.78, 5) is 97.0. The lowest BCUT2D eigenvalue weighted by Crippen LogP contribution is -2.60. The molecule has 15 nitrogen and oxygen atoms in total. The van der Waals surface area contributed by atoms with Crippen molar-refractivity contribution in [3.8, 4) is 0 Å². The summed E-state index contributed by atoms with van der Waals surface area (Å²) in [6.45, 7) is 13.9. The van der Waals surface area contributed by atoms with E-state index in [1.807, 2.05) is 13.8 Å². The Kier molecular flexibility index (Phi) is 12.9. The Bertz CT molecular complexity index is 1600. The minimum atomic E-state index is -1.22. The number of benzene rings is 1. The van der Waals surface area contributed by atoms with Gasteiger partial charge in [-0.05, 0) is 64.4 Å². The molecule has 2 saturated heterocycles. The maximum atomic E-state index is 14.3. The molecule has 298 valence electrons. The molecule has 3 aliphatic rings. The first kappa shape index (κ1) is 42.2. The molecule has 1 aromatic carbocycles. The molecular formula is C39H58N6O9. The van der Waals surface area contributed by atoms with E-state index in [-0.39, 0.29) is 24.8 Å². The maximum absolute atomic E-state index is 14.3. The van der Waals surface area contributed by atoms with Crippen LogP contribution >= 0.6 is 0 Å². The topological polar surface area (TPSA) is 193 Å². The highest BCUT2D eigenvalue weighted by atomic mass is 16.6. The van der Waals surface area contributed by atoms with E-state index in [2.05, 4.69) is 21.3 Å². The predicted octanol–water partition coefficient (Wildman–Crippen LogP) is 2.24. The summed E-state index contributed by atoms with van der Waals surface area (Å²) < 4.78 is 11.7. The standard InChI is InChI=1S/C39H58N6O9/c1-37(2,3)31(43-36(52)54-38(4,5)6)35(51)45-21-26-24(19-39(7,8)53-26)29(45)32(48)41-25(18-22-16-17-22)30(47)33(49)40-20-27(46)42-28(34(50)44(9)10)23-14-12-11-13-15-23/h11-15,22,24-26,28-29,31H,16-21H2,1-10H3,(H,40,49)(H,41,48)(H,42,46)(H,43,52)/t24-,25?,26-,28-,29-,31+/m0/s1. The van der Waals surface area contributed by atoms with Crippen LogP contribution in [0.5, 0.6) is 0 Å². The Labute approximate surface area is 318 Å². The van der Waals surface area contributed by atoms with Crippen LogP contribution in [-0.4, -0.2) is 114 Å². The van der Waals surface area contributed by atoms with Crippen molar-refractivity contribution >= 4 is 41.4 Å². The number of nitrogens with zero attached hydrogens (tertiary/aromatic N) is 2. The van der Waals surface area contributed by atoms with Gasteiger partial charge in [-0.3, -0.25) is 28.8 Å². The highest BCUT2D eigenvalue weighted by molar-refractivity contribution is 6.38. The van der Waals surface area contributed by atoms with Crippen molar-refractivity contribution in [3.63, 3.8) is 0 Å². The quantitative estimate of drug-likeness (QED) is 0.219. The third kappa shape index (κ3) is 11.0. The fourth-order valence-corrected chi connectivity index (χ4v) is 7.06. The Morgan fingerprint density at radius 1 is 0.944 bits per heavy atom. The van der Waals surface area contributed by atoms with Crippen molar-refractivity contribution in [1.82, 2.24) is 31.1 Å². The van der Waals surface area contributed by atoms with Crippen LogP contribution in [0.1, 0.15) is 92.7 Å². The number of hydrogen-bond acceptors (Lipinski definition) is 9. The summed E-state index contributed by atoms with van der Waals surface area (Å²) in [5.41, 5.74) is -1.60. The highest BCUT2D eigenvalue weighted by Gasteiger charge is 2.57. The summed E-state index contributed by atoms with van der Waals surface area (Å²) in [5.74, 6) is -4.47. The molecule has 1 unspecified atom stereocenters. The number of fused-ring (bicyclic) bond motifs is 1. The number of carbonyl (C=O) groups is 7. The number of rotatable bonds is 13. The number of carbonyl (C=O) groups excluding carboxylic acids is 7. The van der Waals surface area contributed by atoms with Gasteiger partial charge in [-0.1, -0.05) is 63.9 Å². The molecule has 4 N–H and O–H groups in total. The molecule has 0 spiro atoms. The van der Waals surface area contributed by atoms with E-state index in [9.17, 15) is 33.6 Å². The normalized spacial score (nSPS) is 22.2. The zero-order valence-electron chi connectivity index (χ0n) is 33.2. The van der Waals surface area contributed by atoms with Crippen LogP contribution in [0.25, 0.3) is 0 Å². The van der Waals surface area contributed by atoms with Gasteiger partial charge in [-0.2, -0.15) is 0 Å². The van der Waals surface area contributed by atoms with E-state index in [4.69, 9.17) is 9.47 Å². The van der Waals surface area contributed by atoms with E-state index in [1.165, 1.54) is 9.80 Å². The minimum absolute atomic E-state index is 0.0880. The number of likely N-dealkylation sites (tertiary alicyclic amines) is 1. The third-order valence-electron chi connectivity index (χ3n) is 9.78.